The number of para-hydroxylation sites is 1. The Kier molecular flexibility index (Phi) is 4.25. The Morgan fingerprint density at radius 1 is 1.26 bits per heavy atom. The Labute approximate surface area is 114 Å². The lowest BCUT2D eigenvalue weighted by Gasteiger charge is -2.05. The van der Waals surface area contributed by atoms with Gasteiger partial charge in [-0.2, -0.15) is 0 Å². The van der Waals surface area contributed by atoms with Crippen molar-refractivity contribution >= 4 is 22.9 Å². The van der Waals surface area contributed by atoms with Crippen molar-refractivity contribution in [1.29, 1.82) is 0 Å². The third kappa shape index (κ3) is 3.62. The van der Waals surface area contributed by atoms with Gasteiger partial charge in [-0.05, 0) is 11.4 Å². The molecule has 5 nitrogen and oxygen atoms in total. The van der Waals surface area contributed by atoms with Crippen LogP contribution in [-0.2, 0) is 17.8 Å². The van der Waals surface area contributed by atoms with Crippen LogP contribution in [0.3, 0.4) is 0 Å². The van der Waals surface area contributed by atoms with Crippen LogP contribution in [0.5, 0.6) is 0 Å². The summed E-state index contributed by atoms with van der Waals surface area (Å²) < 4.78 is 0. The molecule has 0 bridgehead atoms. The number of nitrogens with zero attached hydrogens (tertiary/aromatic N) is 1. The van der Waals surface area contributed by atoms with Crippen LogP contribution in [0.2, 0.25) is 0 Å². The molecule has 0 fully saturated rings. The number of carbonyl (C=O) groups excluding carboxylic acids is 1. The summed E-state index contributed by atoms with van der Waals surface area (Å²) in [7, 11) is 0. The van der Waals surface area contributed by atoms with Gasteiger partial charge in [0.25, 0.3) is 5.69 Å². The fourth-order valence-electron chi connectivity index (χ4n) is 1.67. The van der Waals surface area contributed by atoms with Gasteiger partial charge in [0.15, 0.2) is 0 Å². The minimum absolute atomic E-state index is 0.0268. The average Bonchev–Trinajstić information content (AvgIpc) is 2.89. The molecular weight excluding hydrogens is 264 g/mol. The molecule has 1 N–H and O–H groups in total. The van der Waals surface area contributed by atoms with E-state index in [1.807, 2.05) is 17.5 Å². The van der Waals surface area contributed by atoms with E-state index in [0.717, 1.165) is 4.88 Å². The molecule has 0 radical (unpaired) electrons. The Morgan fingerprint density at radius 2 is 2.05 bits per heavy atom. The topological polar surface area (TPSA) is 72.2 Å². The Bertz CT molecular complexity index is 581. The number of rotatable bonds is 5. The molecule has 0 saturated carbocycles. The van der Waals surface area contributed by atoms with Crippen LogP contribution >= 0.6 is 11.3 Å². The van der Waals surface area contributed by atoms with Crippen molar-refractivity contribution < 1.29 is 9.72 Å². The van der Waals surface area contributed by atoms with E-state index in [2.05, 4.69) is 5.32 Å². The lowest BCUT2D eigenvalue weighted by Crippen LogP contribution is -2.24. The highest BCUT2D eigenvalue weighted by Gasteiger charge is 2.13. The van der Waals surface area contributed by atoms with Crippen LogP contribution in [0, 0.1) is 10.1 Å². The number of carbonyl (C=O) groups is 1. The summed E-state index contributed by atoms with van der Waals surface area (Å²) >= 11 is 1.51. The number of hydrogen-bond acceptors (Lipinski definition) is 4. The van der Waals surface area contributed by atoms with Crippen LogP contribution in [0.25, 0.3) is 0 Å². The van der Waals surface area contributed by atoms with E-state index in [-0.39, 0.29) is 18.1 Å². The minimum atomic E-state index is -0.444. The summed E-state index contributed by atoms with van der Waals surface area (Å²) in [4.78, 5) is 23.0. The molecule has 0 spiro atoms. The quantitative estimate of drug-likeness (QED) is 0.673. The molecule has 19 heavy (non-hydrogen) atoms. The molecule has 0 aliphatic rings. The Hall–Kier alpha value is -2.21. The van der Waals surface area contributed by atoms with Crippen LogP contribution in [-0.4, -0.2) is 10.8 Å². The van der Waals surface area contributed by atoms with Gasteiger partial charge in [0.05, 0.1) is 11.3 Å². The van der Waals surface area contributed by atoms with E-state index in [0.29, 0.717) is 12.0 Å². The summed E-state index contributed by atoms with van der Waals surface area (Å²) in [5.41, 5.74) is 0.533. The maximum atomic E-state index is 11.7. The van der Waals surface area contributed by atoms with E-state index in [4.69, 9.17) is 0 Å². The molecule has 1 aromatic carbocycles. The summed E-state index contributed by atoms with van der Waals surface area (Å²) in [5, 5.41) is 15.4. The summed E-state index contributed by atoms with van der Waals surface area (Å²) in [6, 6.07) is 10.2. The molecule has 2 rings (SSSR count). The predicted molar refractivity (Wildman–Crippen MR) is 73.0 cm³/mol. The first-order chi connectivity index (χ1) is 9.16. The second-order valence-corrected chi connectivity index (χ2v) is 4.95. The number of thiophene rings is 1. The maximum Gasteiger partial charge on any atom is 0.274 e. The number of benzene rings is 1. The fourth-order valence-corrected chi connectivity index (χ4v) is 2.37. The number of amides is 1. The monoisotopic (exact) mass is 276 g/mol. The van der Waals surface area contributed by atoms with Gasteiger partial charge in [-0.3, -0.25) is 14.9 Å². The van der Waals surface area contributed by atoms with Crippen molar-refractivity contribution in [2.75, 3.05) is 0 Å². The number of nitro benzene ring substituents is 1. The molecular formula is C13H12N2O3S. The molecule has 0 unspecified atom stereocenters. The second-order valence-electron chi connectivity index (χ2n) is 3.92. The standard InChI is InChI=1S/C13H12N2O3S/c16-13(8-11-5-3-7-19-11)14-9-10-4-1-2-6-12(10)15(17)18/h1-7H,8-9H2,(H,14,16). The molecule has 6 heteroatoms. The average molecular weight is 276 g/mol. The van der Waals surface area contributed by atoms with Crippen LogP contribution in [0.4, 0.5) is 5.69 Å². The zero-order valence-electron chi connectivity index (χ0n) is 10.0. The number of hydrogen-bond donors (Lipinski definition) is 1. The van der Waals surface area contributed by atoms with Gasteiger partial charge in [-0.15, -0.1) is 11.3 Å². The van der Waals surface area contributed by atoms with Crippen molar-refractivity contribution in [3.05, 3.63) is 62.3 Å². The zero-order chi connectivity index (χ0) is 13.7. The first-order valence-corrected chi connectivity index (χ1v) is 6.56. The lowest BCUT2D eigenvalue weighted by atomic mass is 10.2. The first-order valence-electron chi connectivity index (χ1n) is 5.68. The normalized spacial score (nSPS) is 10.1. The lowest BCUT2D eigenvalue weighted by molar-refractivity contribution is -0.385. The van der Waals surface area contributed by atoms with Gasteiger partial charge in [0.1, 0.15) is 0 Å². The fraction of sp³-hybridized carbons (Fsp3) is 0.154. The highest BCUT2D eigenvalue weighted by molar-refractivity contribution is 7.10. The van der Waals surface area contributed by atoms with Gasteiger partial charge in [0, 0.05) is 23.1 Å². The largest absolute Gasteiger partial charge is 0.351 e. The van der Waals surface area contributed by atoms with Crippen LogP contribution in [0.15, 0.2) is 41.8 Å². The van der Waals surface area contributed by atoms with Crippen molar-refractivity contribution in [2.24, 2.45) is 0 Å². The van der Waals surface area contributed by atoms with E-state index in [9.17, 15) is 14.9 Å². The third-order valence-electron chi connectivity index (χ3n) is 2.58. The van der Waals surface area contributed by atoms with Crippen LogP contribution in [0.1, 0.15) is 10.4 Å². The molecule has 0 atom stereocenters. The third-order valence-corrected chi connectivity index (χ3v) is 3.46. The van der Waals surface area contributed by atoms with E-state index >= 15 is 0 Å². The summed E-state index contributed by atoms with van der Waals surface area (Å²) in [6.45, 7) is 0.168. The molecule has 0 aliphatic carbocycles. The van der Waals surface area contributed by atoms with Crippen molar-refractivity contribution in [1.82, 2.24) is 5.32 Å². The highest BCUT2D eigenvalue weighted by atomic mass is 32.1. The summed E-state index contributed by atoms with van der Waals surface area (Å²) in [5.74, 6) is -0.138. The summed E-state index contributed by atoms with van der Waals surface area (Å²) in [6.07, 6.45) is 0.304. The van der Waals surface area contributed by atoms with Gasteiger partial charge in [-0.1, -0.05) is 24.3 Å². The van der Waals surface area contributed by atoms with Crippen molar-refractivity contribution in [3.63, 3.8) is 0 Å². The predicted octanol–water partition coefficient (Wildman–Crippen LogP) is 2.52. The van der Waals surface area contributed by atoms with Crippen molar-refractivity contribution in [2.45, 2.75) is 13.0 Å². The van der Waals surface area contributed by atoms with Gasteiger partial charge in [-0.25, -0.2) is 0 Å². The van der Waals surface area contributed by atoms with E-state index in [1.165, 1.54) is 17.4 Å². The van der Waals surface area contributed by atoms with Gasteiger partial charge >= 0.3 is 0 Å². The highest BCUT2D eigenvalue weighted by Crippen LogP contribution is 2.17. The molecule has 1 heterocycles. The number of nitro groups is 1. The van der Waals surface area contributed by atoms with Gasteiger partial charge < -0.3 is 5.32 Å². The molecule has 0 aliphatic heterocycles. The smallest absolute Gasteiger partial charge is 0.274 e. The van der Waals surface area contributed by atoms with E-state index < -0.39 is 4.92 Å². The van der Waals surface area contributed by atoms with Crippen molar-refractivity contribution in [3.8, 4) is 0 Å². The SMILES string of the molecule is O=C(Cc1cccs1)NCc1ccccc1[N+](=O)[O-]. The van der Waals surface area contributed by atoms with E-state index in [1.54, 1.807) is 18.2 Å². The Balaban J connectivity index is 1.95. The maximum absolute atomic E-state index is 11.7. The first kappa shape index (κ1) is 13.2. The molecule has 1 amide bonds. The molecule has 1 aromatic heterocycles. The zero-order valence-corrected chi connectivity index (χ0v) is 10.9. The second kappa shape index (κ2) is 6.10. The minimum Gasteiger partial charge on any atom is -0.351 e. The molecule has 2 aromatic rings. The number of nitrogens with one attached hydrogen (secondary N) is 1. The van der Waals surface area contributed by atoms with Gasteiger partial charge in [0.2, 0.25) is 5.91 Å². The molecule has 0 saturated heterocycles. The van der Waals surface area contributed by atoms with Crippen LogP contribution < -0.4 is 5.32 Å². The Morgan fingerprint density at radius 3 is 2.74 bits per heavy atom. The molecule has 98 valence electrons.